The van der Waals surface area contributed by atoms with Gasteiger partial charge in [-0.1, -0.05) is 141 Å². The van der Waals surface area contributed by atoms with E-state index in [4.69, 9.17) is 9.47 Å². The van der Waals surface area contributed by atoms with Crippen molar-refractivity contribution in [2.45, 2.75) is 200 Å². The van der Waals surface area contributed by atoms with Gasteiger partial charge in [-0.15, -0.1) is 0 Å². The number of allylic oxidation sites excluding steroid dienone is 4. The second-order valence-corrected chi connectivity index (χ2v) is 15.2. The highest BCUT2D eigenvalue weighted by atomic mass is 79.9. The second-order valence-electron chi connectivity index (χ2n) is 15.2. The molecule has 0 spiro atoms. The van der Waals surface area contributed by atoms with E-state index in [1.54, 1.807) is 0 Å². The molecule has 1 unspecified atom stereocenters. The maximum Gasteiger partial charge on any atom is 0.511 e. The number of rotatable bonds is 37. The van der Waals surface area contributed by atoms with E-state index in [-0.39, 0.29) is 46.5 Å². The highest BCUT2D eigenvalue weighted by Crippen LogP contribution is 2.14. The lowest BCUT2D eigenvalue weighted by atomic mass is 9.90. The molecule has 0 radical (unpaired) electrons. The second kappa shape index (κ2) is 38.6. The number of ether oxygens (including phenoxy) is 2. The van der Waals surface area contributed by atoms with Gasteiger partial charge in [-0.2, -0.15) is 0 Å². The summed E-state index contributed by atoms with van der Waals surface area (Å²) in [4.78, 5) is 25.2. The first kappa shape index (κ1) is 52.0. The van der Waals surface area contributed by atoms with Gasteiger partial charge in [-0.25, -0.2) is 0 Å². The van der Waals surface area contributed by atoms with Crippen LogP contribution in [0.3, 0.4) is 0 Å². The van der Waals surface area contributed by atoms with E-state index in [0.717, 1.165) is 51.4 Å². The molecule has 1 atom stereocenters. The van der Waals surface area contributed by atoms with Gasteiger partial charge in [0, 0.05) is 12.8 Å². The summed E-state index contributed by atoms with van der Waals surface area (Å²) < 4.78 is 11.5. The van der Waals surface area contributed by atoms with E-state index in [0.29, 0.717) is 19.4 Å². The highest BCUT2D eigenvalue weighted by Gasteiger charge is 2.30. The number of likely N-dealkylation sites (N-methyl/N-ethyl adjacent to an activating group) is 1. The monoisotopic (exact) mass is 786 g/mol. The molecule has 51 heavy (non-hydrogen) atoms. The lowest BCUT2D eigenvalue weighted by Crippen LogP contribution is -3.00. The van der Waals surface area contributed by atoms with Crippen molar-refractivity contribution in [3.8, 4) is 0 Å². The quantitative estimate of drug-likeness (QED) is 0.0222. The summed E-state index contributed by atoms with van der Waals surface area (Å²) in [6.45, 7) is 4.83. The van der Waals surface area contributed by atoms with Crippen molar-refractivity contribution in [2.75, 3.05) is 33.7 Å². The van der Waals surface area contributed by atoms with Crippen LogP contribution in [0.15, 0.2) is 24.3 Å². The Labute approximate surface area is 326 Å². The molecule has 0 aromatic heterocycles. The highest BCUT2D eigenvalue weighted by molar-refractivity contribution is 6.40. The number of carbonyl (C=O) groups excluding carboxylic acids is 2. The number of hydrogen-bond donors (Lipinski definition) is 2. The largest absolute Gasteiger partial charge is 1.00 e. The summed E-state index contributed by atoms with van der Waals surface area (Å²) in [5, 5.41) is 19.0. The minimum absolute atomic E-state index is 0. The van der Waals surface area contributed by atoms with E-state index in [9.17, 15) is 19.6 Å². The number of halogens is 1. The third-order valence-corrected chi connectivity index (χ3v) is 9.37. The topological polar surface area (TPSA) is 93.1 Å². The van der Waals surface area contributed by atoms with E-state index in [1.165, 1.54) is 116 Å². The molecule has 0 saturated heterocycles. The molecule has 0 bridgehead atoms. The van der Waals surface area contributed by atoms with Crippen molar-refractivity contribution in [3.05, 3.63) is 24.3 Å². The molecular weight excluding hydrogens is 705 g/mol. The van der Waals surface area contributed by atoms with E-state index < -0.39 is 13.2 Å². The number of nitrogens with zero attached hydrogens (tertiary/aromatic N) is 1. The summed E-state index contributed by atoms with van der Waals surface area (Å²) in [6.07, 6.45) is 40.8. The number of carbonyl (C=O) groups is 2. The van der Waals surface area contributed by atoms with Crippen molar-refractivity contribution < 1.29 is 50.6 Å². The third kappa shape index (κ3) is 39.9. The van der Waals surface area contributed by atoms with Crippen LogP contribution in [-0.2, 0) is 19.1 Å². The summed E-state index contributed by atoms with van der Waals surface area (Å²) >= 11 is 0. The maximum atomic E-state index is 12.7. The van der Waals surface area contributed by atoms with Gasteiger partial charge in [-0.3, -0.25) is 9.59 Å². The smallest absolute Gasteiger partial charge is 0.511 e. The van der Waals surface area contributed by atoms with Crippen LogP contribution < -0.4 is 17.0 Å². The molecule has 9 heteroatoms. The van der Waals surface area contributed by atoms with Gasteiger partial charge in [0.15, 0.2) is 6.10 Å². The first-order valence-electron chi connectivity index (χ1n) is 21.0. The lowest BCUT2D eigenvalue weighted by molar-refractivity contribution is -0.884. The first-order chi connectivity index (χ1) is 24.2. The predicted octanol–water partition coefficient (Wildman–Crippen LogP) is 7.61. The summed E-state index contributed by atoms with van der Waals surface area (Å²) in [6, 6.07) is 0. The molecule has 0 aliphatic heterocycles. The summed E-state index contributed by atoms with van der Waals surface area (Å²) in [7, 11) is 2.22. The maximum absolute atomic E-state index is 12.7. The van der Waals surface area contributed by atoms with Crippen LogP contribution >= 0.6 is 0 Å². The molecule has 2 N–H and O–H groups in total. The van der Waals surface area contributed by atoms with Crippen molar-refractivity contribution in [1.29, 1.82) is 0 Å². The summed E-state index contributed by atoms with van der Waals surface area (Å²) in [5.41, 5.74) is 0. The molecule has 300 valence electrons. The number of quaternary nitrogens is 1. The Morgan fingerprint density at radius 3 is 1.31 bits per heavy atom. The van der Waals surface area contributed by atoms with Gasteiger partial charge in [0.1, 0.15) is 19.6 Å². The summed E-state index contributed by atoms with van der Waals surface area (Å²) in [5.74, 6) is -0.557. The molecule has 7 nitrogen and oxygen atoms in total. The van der Waals surface area contributed by atoms with Crippen molar-refractivity contribution in [3.63, 3.8) is 0 Å². The van der Waals surface area contributed by atoms with Gasteiger partial charge in [0.25, 0.3) is 0 Å². The van der Waals surface area contributed by atoms with Crippen molar-refractivity contribution >= 4 is 19.1 Å². The lowest BCUT2D eigenvalue weighted by Gasteiger charge is -2.32. The van der Waals surface area contributed by atoms with Crippen molar-refractivity contribution in [1.82, 2.24) is 0 Å². The molecule has 0 heterocycles. The Hall–Kier alpha value is -1.16. The molecule has 0 amide bonds. The zero-order valence-electron chi connectivity index (χ0n) is 33.7. The Bertz CT molecular complexity index is 838. The molecule has 0 aromatic rings. The Morgan fingerprint density at radius 2 is 0.922 bits per heavy atom. The number of unbranched alkanes of at least 4 members (excludes halogenated alkanes) is 22. The molecule has 0 aliphatic carbocycles. The third-order valence-electron chi connectivity index (χ3n) is 9.37. The van der Waals surface area contributed by atoms with Crippen LogP contribution in [0.2, 0.25) is 0 Å². The molecule has 0 aliphatic rings. The van der Waals surface area contributed by atoms with E-state index in [1.807, 2.05) is 14.1 Å². The fourth-order valence-electron chi connectivity index (χ4n) is 6.37. The molecule has 0 rings (SSSR count). The van der Waals surface area contributed by atoms with Crippen LogP contribution in [0.5, 0.6) is 0 Å². The van der Waals surface area contributed by atoms with E-state index in [2.05, 4.69) is 38.2 Å². The Kier molecular flexibility index (Phi) is 39.3. The Balaban J connectivity index is 0. The predicted molar refractivity (Wildman–Crippen MR) is 212 cm³/mol. The Morgan fingerprint density at radius 1 is 0.569 bits per heavy atom. The van der Waals surface area contributed by atoms with Crippen LogP contribution in [-0.4, -0.2) is 73.4 Å². The van der Waals surface area contributed by atoms with Crippen LogP contribution in [0.1, 0.15) is 194 Å². The van der Waals surface area contributed by atoms with Gasteiger partial charge in [0.05, 0.1) is 14.1 Å². The SMILES string of the molecule is CCCCCCCCC=CCCCCCCCC(=O)OCC(C[N+](C)(C)CB(O)O)OC(=O)CCCCCCC/C=C\CCCCCCCC.[Br-]. The molecule has 0 fully saturated rings. The first-order valence-corrected chi connectivity index (χ1v) is 21.0. The minimum atomic E-state index is -1.47. The fraction of sp³-hybridized carbons (Fsp3) is 0.857. The van der Waals surface area contributed by atoms with Gasteiger partial charge >= 0.3 is 19.1 Å². The van der Waals surface area contributed by atoms with Crippen LogP contribution in [0.4, 0.5) is 0 Å². The molecule has 0 aromatic carbocycles. The standard InChI is InChI=1S/C42H81BNO6.BrH/c1-5-7-9-11-13-15-17-19-21-23-25-27-29-31-33-35-41(45)49-38-40(37-44(3,4)39-43(47)48)50-42(46)36-34-32-30-28-26-24-22-20-18-16-14-12-10-8-6-2;/h19-22,40,47-48H,5-18,23-39H2,1-4H3;1H/q+1;/p-1/b21-19?,22-20-;. The van der Waals surface area contributed by atoms with Crippen LogP contribution in [0.25, 0.3) is 0 Å². The average molecular weight is 787 g/mol. The molecular formula is C42H81BBrNO6. The average Bonchev–Trinajstić information content (AvgIpc) is 3.06. The zero-order chi connectivity index (χ0) is 37.0. The van der Waals surface area contributed by atoms with Gasteiger partial charge < -0.3 is 41.0 Å². The number of esters is 2. The molecule has 0 saturated carbocycles. The van der Waals surface area contributed by atoms with Crippen molar-refractivity contribution in [2.24, 2.45) is 0 Å². The van der Waals surface area contributed by atoms with E-state index >= 15 is 0 Å². The number of hydrogen-bond acceptors (Lipinski definition) is 6. The van der Waals surface area contributed by atoms with Crippen LogP contribution in [0, 0.1) is 0 Å². The fourth-order valence-corrected chi connectivity index (χ4v) is 6.37. The van der Waals surface area contributed by atoms with Gasteiger partial charge in [0.2, 0.25) is 0 Å². The normalized spacial score (nSPS) is 12.4. The van der Waals surface area contributed by atoms with Gasteiger partial charge in [-0.05, 0) is 64.2 Å². The minimum Gasteiger partial charge on any atom is -1.00 e. The zero-order valence-corrected chi connectivity index (χ0v) is 35.3.